The number of aromatic nitrogens is 1. The Morgan fingerprint density at radius 3 is 2.49 bits per heavy atom. The number of pyridine rings is 1. The fourth-order valence-corrected chi connectivity index (χ4v) is 6.12. The van der Waals surface area contributed by atoms with Gasteiger partial charge in [0, 0.05) is 41.9 Å². The van der Waals surface area contributed by atoms with Gasteiger partial charge < -0.3 is 19.7 Å². The molecule has 1 aromatic heterocycles. The highest BCUT2D eigenvalue weighted by Crippen LogP contribution is 2.46. The van der Waals surface area contributed by atoms with Crippen LogP contribution in [0.3, 0.4) is 0 Å². The van der Waals surface area contributed by atoms with E-state index in [0.29, 0.717) is 48.5 Å². The normalized spacial score (nSPS) is 21.5. The van der Waals surface area contributed by atoms with Crippen LogP contribution >= 0.6 is 0 Å². The minimum atomic E-state index is -0.596. The van der Waals surface area contributed by atoms with Gasteiger partial charge >= 0.3 is 12.1 Å². The van der Waals surface area contributed by atoms with E-state index in [1.807, 2.05) is 64.1 Å². The minimum Gasteiger partial charge on any atom is -0.462 e. The van der Waals surface area contributed by atoms with Crippen LogP contribution in [0.1, 0.15) is 78.8 Å². The average molecular weight is 560 g/mol. The highest BCUT2D eigenvalue weighted by molar-refractivity contribution is 6.04. The maximum atomic E-state index is 13.8. The molecule has 5 rings (SSSR count). The zero-order valence-electron chi connectivity index (χ0n) is 25.0. The number of Topliss-reactive ketones (excluding diaryl/α,β-unsaturated/α-hetero) is 1. The number of allylic oxidation sites excluding steroid dienone is 3. The number of ether oxygens (including phenoxy) is 2. The molecular weight excluding hydrogens is 518 g/mol. The van der Waals surface area contributed by atoms with E-state index >= 15 is 0 Å². The van der Waals surface area contributed by atoms with Crippen LogP contribution in [0, 0.1) is 11.3 Å². The van der Waals surface area contributed by atoms with Gasteiger partial charge in [0.25, 0.3) is 0 Å². The molecule has 1 fully saturated rings. The Bertz CT molecular complexity index is 1440. The first-order valence-electron chi connectivity index (χ1n) is 14.6. The Morgan fingerprint density at radius 2 is 1.78 bits per heavy atom. The number of para-hydroxylation sites is 1. The number of nitrogens with zero attached hydrogens (tertiary/aromatic N) is 2. The summed E-state index contributed by atoms with van der Waals surface area (Å²) in [5.74, 6) is -0.857. The number of esters is 1. The summed E-state index contributed by atoms with van der Waals surface area (Å²) in [5, 5.41) is 4.40. The number of nitrogens with one attached hydrogen (secondary N) is 1. The zero-order valence-corrected chi connectivity index (χ0v) is 25.0. The number of ketones is 1. The molecule has 1 atom stereocenters. The lowest BCUT2D eigenvalue weighted by Gasteiger charge is -2.39. The Labute approximate surface area is 242 Å². The molecule has 0 saturated carbocycles. The number of dihydropyridines is 1. The van der Waals surface area contributed by atoms with Crippen LogP contribution in [-0.4, -0.2) is 53.0 Å². The molecule has 218 valence electrons. The van der Waals surface area contributed by atoms with Crippen LogP contribution < -0.4 is 5.32 Å². The first-order chi connectivity index (χ1) is 19.3. The number of hydrogen-bond donors (Lipinski definition) is 1. The summed E-state index contributed by atoms with van der Waals surface area (Å²) in [6.07, 6.45) is 2.27. The van der Waals surface area contributed by atoms with Crippen molar-refractivity contribution in [3.8, 4) is 0 Å². The third kappa shape index (κ3) is 6.31. The van der Waals surface area contributed by atoms with Gasteiger partial charge in [0.1, 0.15) is 5.60 Å². The molecule has 1 amide bonds. The van der Waals surface area contributed by atoms with E-state index in [4.69, 9.17) is 14.5 Å². The summed E-state index contributed by atoms with van der Waals surface area (Å²) in [6, 6.07) is 11.8. The van der Waals surface area contributed by atoms with Crippen molar-refractivity contribution in [2.45, 2.75) is 78.7 Å². The van der Waals surface area contributed by atoms with E-state index in [9.17, 15) is 14.4 Å². The van der Waals surface area contributed by atoms with Gasteiger partial charge in [-0.2, -0.15) is 0 Å². The Kier molecular flexibility index (Phi) is 7.70. The second-order valence-corrected chi connectivity index (χ2v) is 13.4. The lowest BCUT2D eigenvalue weighted by atomic mass is 9.69. The number of benzene rings is 1. The van der Waals surface area contributed by atoms with Crippen molar-refractivity contribution >= 4 is 28.7 Å². The summed E-state index contributed by atoms with van der Waals surface area (Å²) >= 11 is 0. The van der Waals surface area contributed by atoms with Crippen molar-refractivity contribution in [3.05, 3.63) is 64.6 Å². The molecule has 0 radical (unpaired) electrons. The second kappa shape index (κ2) is 11.0. The molecule has 1 aliphatic carbocycles. The van der Waals surface area contributed by atoms with Gasteiger partial charge in [-0.05, 0) is 70.4 Å². The number of rotatable bonds is 4. The van der Waals surface area contributed by atoms with E-state index in [2.05, 4.69) is 19.2 Å². The molecule has 2 aromatic rings. The lowest BCUT2D eigenvalue weighted by molar-refractivity contribution is -0.141. The van der Waals surface area contributed by atoms with Gasteiger partial charge in [-0.25, -0.2) is 9.59 Å². The zero-order chi connectivity index (χ0) is 29.5. The summed E-state index contributed by atoms with van der Waals surface area (Å²) < 4.78 is 11.4. The molecule has 1 N–H and O–H groups in total. The quantitative estimate of drug-likeness (QED) is 0.457. The van der Waals surface area contributed by atoms with Gasteiger partial charge in [0.2, 0.25) is 0 Å². The summed E-state index contributed by atoms with van der Waals surface area (Å²) in [7, 11) is 0. The van der Waals surface area contributed by atoms with Crippen LogP contribution in [0.15, 0.2) is 58.9 Å². The first kappa shape index (κ1) is 28.8. The maximum Gasteiger partial charge on any atom is 0.410 e. The molecule has 1 saturated heterocycles. The van der Waals surface area contributed by atoms with Gasteiger partial charge in [0.15, 0.2) is 5.78 Å². The predicted molar refractivity (Wildman–Crippen MR) is 157 cm³/mol. The number of fused-ring (bicyclic) bond motifs is 1. The first-order valence-corrected chi connectivity index (χ1v) is 14.6. The van der Waals surface area contributed by atoms with Gasteiger partial charge in [-0.15, -0.1) is 0 Å². The molecule has 3 aliphatic rings. The maximum absolute atomic E-state index is 13.8. The molecule has 41 heavy (non-hydrogen) atoms. The number of amides is 1. The molecule has 8 heteroatoms. The largest absolute Gasteiger partial charge is 0.462 e. The van der Waals surface area contributed by atoms with Crippen LogP contribution in [0.2, 0.25) is 0 Å². The van der Waals surface area contributed by atoms with E-state index in [-0.39, 0.29) is 29.8 Å². The van der Waals surface area contributed by atoms with Crippen molar-refractivity contribution in [2.75, 3.05) is 19.7 Å². The van der Waals surface area contributed by atoms with Gasteiger partial charge in [-0.1, -0.05) is 38.1 Å². The fraction of sp³-hybridized carbons (Fsp3) is 0.515. The van der Waals surface area contributed by atoms with Crippen molar-refractivity contribution in [1.82, 2.24) is 15.2 Å². The molecular formula is C33H41N3O5. The van der Waals surface area contributed by atoms with Crippen LogP contribution in [0.4, 0.5) is 4.79 Å². The summed E-state index contributed by atoms with van der Waals surface area (Å²) in [5.41, 5.74) is 3.40. The molecule has 2 aliphatic heterocycles. The Hall–Kier alpha value is -3.68. The fourth-order valence-electron chi connectivity index (χ4n) is 6.12. The third-order valence-electron chi connectivity index (χ3n) is 8.09. The van der Waals surface area contributed by atoms with E-state index in [0.717, 1.165) is 29.4 Å². The average Bonchev–Trinajstić information content (AvgIpc) is 2.89. The lowest BCUT2D eigenvalue weighted by Crippen LogP contribution is -2.42. The highest BCUT2D eigenvalue weighted by atomic mass is 16.6. The van der Waals surface area contributed by atoms with E-state index in [1.54, 1.807) is 4.90 Å². The smallest absolute Gasteiger partial charge is 0.410 e. The Morgan fingerprint density at radius 1 is 1.07 bits per heavy atom. The number of likely N-dealkylation sites (tertiary alicyclic amines) is 1. The topological polar surface area (TPSA) is 97.8 Å². The number of hydrogen-bond acceptors (Lipinski definition) is 7. The SMILES string of the molecule is CC1=C(C(=O)OCC2CCN(C(=O)OC(C)(C)C)CC2)C(c2ccc3ccccc3n2)C2=C(CC(C)(C)CC2=O)N1. The summed E-state index contributed by atoms with van der Waals surface area (Å²) in [4.78, 5) is 46.4. The Balaban J connectivity index is 1.36. The molecule has 1 unspecified atom stereocenters. The predicted octanol–water partition coefficient (Wildman–Crippen LogP) is 6.03. The number of carbonyl (C=O) groups excluding carboxylic acids is 3. The van der Waals surface area contributed by atoms with Crippen molar-refractivity contribution < 1.29 is 23.9 Å². The van der Waals surface area contributed by atoms with Gasteiger partial charge in [0.05, 0.1) is 29.3 Å². The molecule has 8 nitrogen and oxygen atoms in total. The van der Waals surface area contributed by atoms with Crippen LogP contribution in [0.5, 0.6) is 0 Å². The van der Waals surface area contributed by atoms with Crippen molar-refractivity contribution in [3.63, 3.8) is 0 Å². The van der Waals surface area contributed by atoms with Crippen molar-refractivity contribution in [2.24, 2.45) is 11.3 Å². The van der Waals surface area contributed by atoms with Gasteiger partial charge in [-0.3, -0.25) is 9.78 Å². The third-order valence-corrected chi connectivity index (χ3v) is 8.09. The van der Waals surface area contributed by atoms with E-state index in [1.165, 1.54) is 0 Å². The molecule has 0 bridgehead atoms. The minimum absolute atomic E-state index is 0.0380. The standard InChI is InChI=1S/C33H41N3O5/c1-20-27(30(38)40-19-21-13-15-36(16-14-21)31(39)41-32(2,3)4)29(24-12-11-22-9-7-8-10-23(22)35-24)28-25(34-20)17-33(5,6)18-26(28)37/h7-12,21,29,34H,13-19H2,1-6H3. The number of piperidine rings is 1. The molecule has 3 heterocycles. The van der Waals surface area contributed by atoms with Crippen molar-refractivity contribution in [1.29, 1.82) is 0 Å². The second-order valence-electron chi connectivity index (χ2n) is 13.4. The molecule has 0 spiro atoms. The van der Waals surface area contributed by atoms with E-state index < -0.39 is 17.5 Å². The molecule has 1 aromatic carbocycles. The number of carbonyl (C=O) groups is 3. The monoisotopic (exact) mass is 559 g/mol. The summed E-state index contributed by atoms with van der Waals surface area (Å²) in [6.45, 7) is 13.0. The van der Waals surface area contributed by atoms with Crippen LogP contribution in [-0.2, 0) is 19.1 Å². The van der Waals surface area contributed by atoms with Crippen LogP contribution in [0.25, 0.3) is 10.9 Å². The highest BCUT2D eigenvalue weighted by Gasteiger charge is 2.44.